The van der Waals surface area contributed by atoms with Crippen LogP contribution in [0.5, 0.6) is 0 Å². The van der Waals surface area contributed by atoms with E-state index in [9.17, 15) is 10.1 Å². The molecule has 1 aromatic heterocycles. The van der Waals surface area contributed by atoms with Gasteiger partial charge in [0.25, 0.3) is 0 Å². The first kappa shape index (κ1) is 16.8. The molecule has 0 aliphatic carbocycles. The molecule has 6 heteroatoms. The van der Waals surface area contributed by atoms with Crippen LogP contribution < -0.4 is 0 Å². The summed E-state index contributed by atoms with van der Waals surface area (Å²) in [7, 11) is 0. The summed E-state index contributed by atoms with van der Waals surface area (Å²) in [4.78, 5) is 13.9. The maximum atomic E-state index is 12.4. The molecule has 2 aromatic carbocycles. The van der Waals surface area contributed by atoms with E-state index in [2.05, 4.69) is 11.2 Å². The van der Waals surface area contributed by atoms with Gasteiger partial charge in [-0.1, -0.05) is 41.2 Å². The van der Waals surface area contributed by atoms with Crippen molar-refractivity contribution < 1.29 is 14.1 Å². The zero-order valence-electron chi connectivity index (χ0n) is 13.4. The first-order chi connectivity index (χ1) is 12.2. The number of esters is 1. The van der Waals surface area contributed by atoms with Crippen molar-refractivity contribution >= 4 is 17.7 Å². The highest BCUT2D eigenvalue weighted by molar-refractivity contribution is 7.99. The van der Waals surface area contributed by atoms with Gasteiger partial charge in [-0.15, -0.1) is 0 Å². The number of aromatic nitrogens is 1. The number of benzene rings is 2. The number of ether oxygens (including phenoxy) is 1. The van der Waals surface area contributed by atoms with Crippen molar-refractivity contribution in [3.8, 4) is 6.07 Å². The van der Waals surface area contributed by atoms with Gasteiger partial charge in [0, 0.05) is 15.9 Å². The van der Waals surface area contributed by atoms with E-state index in [4.69, 9.17) is 9.26 Å². The molecule has 0 saturated carbocycles. The molecule has 0 bridgehead atoms. The van der Waals surface area contributed by atoms with E-state index in [1.807, 2.05) is 30.3 Å². The normalized spacial score (nSPS) is 10.2. The topological polar surface area (TPSA) is 76.1 Å². The van der Waals surface area contributed by atoms with Crippen molar-refractivity contribution in [1.82, 2.24) is 5.16 Å². The Morgan fingerprint density at radius 2 is 1.92 bits per heavy atom. The number of nitriles is 1. The molecule has 0 saturated heterocycles. The van der Waals surface area contributed by atoms with Crippen LogP contribution in [0.4, 0.5) is 0 Å². The molecule has 0 fully saturated rings. The predicted molar refractivity (Wildman–Crippen MR) is 92.1 cm³/mol. The Bertz CT molecular complexity index is 944. The van der Waals surface area contributed by atoms with Gasteiger partial charge in [-0.25, -0.2) is 4.79 Å². The molecule has 25 heavy (non-hydrogen) atoms. The standard InChI is InChI=1S/C19H14N2O3S/c1-13-10-15(24-21-13)12-23-19(22)16-7-3-5-9-18(16)25-17-8-4-2-6-14(17)11-20/h2-10H,12H2,1H3. The van der Waals surface area contributed by atoms with Gasteiger partial charge in [0.2, 0.25) is 0 Å². The maximum absolute atomic E-state index is 12.4. The summed E-state index contributed by atoms with van der Waals surface area (Å²) in [6.07, 6.45) is 0. The summed E-state index contributed by atoms with van der Waals surface area (Å²) < 4.78 is 10.3. The smallest absolute Gasteiger partial charge is 0.339 e. The third kappa shape index (κ3) is 4.08. The Hall–Kier alpha value is -3.04. The fraction of sp³-hybridized carbons (Fsp3) is 0.105. The number of hydrogen-bond donors (Lipinski definition) is 0. The number of rotatable bonds is 5. The van der Waals surface area contributed by atoms with Crippen LogP contribution in [0.3, 0.4) is 0 Å². The second-order valence-electron chi connectivity index (χ2n) is 5.22. The van der Waals surface area contributed by atoms with Crippen molar-refractivity contribution in [1.29, 1.82) is 5.26 Å². The first-order valence-electron chi connectivity index (χ1n) is 7.52. The largest absolute Gasteiger partial charge is 0.454 e. The van der Waals surface area contributed by atoms with Crippen LogP contribution in [0.15, 0.2) is 68.9 Å². The molecule has 0 spiro atoms. The number of hydrogen-bond acceptors (Lipinski definition) is 6. The molecule has 1 heterocycles. The Morgan fingerprint density at radius 1 is 1.20 bits per heavy atom. The molecule has 0 aliphatic heterocycles. The van der Waals surface area contributed by atoms with Crippen LogP contribution in [0.25, 0.3) is 0 Å². The van der Waals surface area contributed by atoms with Crippen molar-refractivity contribution in [2.75, 3.05) is 0 Å². The average Bonchev–Trinajstić information content (AvgIpc) is 3.06. The number of aryl methyl sites for hydroxylation is 1. The van der Waals surface area contributed by atoms with Gasteiger partial charge in [0.05, 0.1) is 16.8 Å². The first-order valence-corrected chi connectivity index (χ1v) is 8.34. The molecular weight excluding hydrogens is 336 g/mol. The van der Waals surface area contributed by atoms with E-state index in [0.717, 1.165) is 15.5 Å². The molecule has 5 nitrogen and oxygen atoms in total. The van der Waals surface area contributed by atoms with E-state index >= 15 is 0 Å². The van der Waals surface area contributed by atoms with Crippen molar-refractivity contribution in [3.05, 3.63) is 77.2 Å². The summed E-state index contributed by atoms with van der Waals surface area (Å²) >= 11 is 1.36. The summed E-state index contributed by atoms with van der Waals surface area (Å²) in [5, 5.41) is 13.0. The molecule has 0 atom stereocenters. The molecule has 3 rings (SSSR count). The Morgan fingerprint density at radius 3 is 2.64 bits per heavy atom. The molecule has 0 aliphatic rings. The van der Waals surface area contributed by atoms with E-state index in [1.165, 1.54) is 11.8 Å². The van der Waals surface area contributed by atoms with E-state index in [-0.39, 0.29) is 6.61 Å². The minimum absolute atomic E-state index is 0.0213. The maximum Gasteiger partial charge on any atom is 0.339 e. The monoisotopic (exact) mass is 350 g/mol. The summed E-state index contributed by atoms with van der Waals surface area (Å²) in [6, 6.07) is 18.3. The third-order valence-electron chi connectivity index (χ3n) is 3.36. The number of carbonyl (C=O) groups is 1. The van der Waals surface area contributed by atoms with Gasteiger partial charge in [0.1, 0.15) is 6.07 Å². The summed E-state index contributed by atoms with van der Waals surface area (Å²) in [6.45, 7) is 1.82. The lowest BCUT2D eigenvalue weighted by Gasteiger charge is -2.09. The molecule has 0 amide bonds. The van der Waals surface area contributed by atoms with Crippen LogP contribution >= 0.6 is 11.8 Å². The highest BCUT2D eigenvalue weighted by Crippen LogP contribution is 2.32. The van der Waals surface area contributed by atoms with Gasteiger partial charge in [0.15, 0.2) is 12.4 Å². The lowest BCUT2D eigenvalue weighted by atomic mass is 10.2. The number of nitrogens with zero attached hydrogens (tertiary/aromatic N) is 2. The second-order valence-corrected chi connectivity index (χ2v) is 6.30. The van der Waals surface area contributed by atoms with Crippen molar-refractivity contribution in [3.63, 3.8) is 0 Å². The van der Waals surface area contributed by atoms with Gasteiger partial charge in [-0.2, -0.15) is 5.26 Å². The zero-order chi connectivity index (χ0) is 17.6. The van der Waals surface area contributed by atoms with E-state index < -0.39 is 5.97 Å². The fourth-order valence-corrected chi connectivity index (χ4v) is 3.20. The predicted octanol–water partition coefficient (Wildman–Crippen LogP) is 4.36. The zero-order valence-corrected chi connectivity index (χ0v) is 14.2. The fourth-order valence-electron chi connectivity index (χ4n) is 2.19. The lowest BCUT2D eigenvalue weighted by molar-refractivity contribution is 0.0433. The van der Waals surface area contributed by atoms with Crippen LogP contribution in [0.2, 0.25) is 0 Å². The Kier molecular flexibility index (Phi) is 5.17. The molecule has 124 valence electrons. The molecule has 0 radical (unpaired) electrons. The third-order valence-corrected chi connectivity index (χ3v) is 4.51. The minimum atomic E-state index is -0.452. The van der Waals surface area contributed by atoms with E-state index in [1.54, 1.807) is 31.2 Å². The average molecular weight is 350 g/mol. The van der Waals surface area contributed by atoms with Crippen molar-refractivity contribution in [2.45, 2.75) is 23.3 Å². The lowest BCUT2D eigenvalue weighted by Crippen LogP contribution is -2.06. The molecule has 3 aromatic rings. The Balaban J connectivity index is 1.78. The van der Waals surface area contributed by atoms with Gasteiger partial charge in [-0.3, -0.25) is 0 Å². The van der Waals surface area contributed by atoms with Crippen LogP contribution in [-0.4, -0.2) is 11.1 Å². The molecule has 0 N–H and O–H groups in total. The summed E-state index contributed by atoms with van der Waals surface area (Å²) in [5.41, 5.74) is 1.74. The van der Waals surface area contributed by atoms with Crippen LogP contribution in [0.1, 0.15) is 27.4 Å². The van der Waals surface area contributed by atoms with E-state index in [0.29, 0.717) is 16.9 Å². The van der Waals surface area contributed by atoms with Gasteiger partial charge >= 0.3 is 5.97 Å². The summed E-state index contributed by atoms with van der Waals surface area (Å²) in [5.74, 6) is 0.0393. The molecule has 0 unspecified atom stereocenters. The SMILES string of the molecule is Cc1cc(COC(=O)c2ccccc2Sc2ccccc2C#N)on1. The van der Waals surface area contributed by atoms with Crippen LogP contribution in [0, 0.1) is 18.3 Å². The van der Waals surface area contributed by atoms with Gasteiger partial charge in [-0.05, 0) is 31.2 Å². The van der Waals surface area contributed by atoms with Gasteiger partial charge < -0.3 is 9.26 Å². The quantitative estimate of drug-likeness (QED) is 0.636. The molecular formula is C19H14N2O3S. The Labute approximate surface area is 149 Å². The van der Waals surface area contributed by atoms with Crippen LogP contribution in [-0.2, 0) is 11.3 Å². The highest BCUT2D eigenvalue weighted by Gasteiger charge is 2.15. The second kappa shape index (κ2) is 7.69. The highest BCUT2D eigenvalue weighted by atomic mass is 32.2. The van der Waals surface area contributed by atoms with Crippen molar-refractivity contribution in [2.24, 2.45) is 0 Å². The number of carbonyl (C=O) groups excluding carboxylic acids is 1. The minimum Gasteiger partial charge on any atom is -0.454 e.